The van der Waals surface area contributed by atoms with Crippen LogP contribution in [-0.2, 0) is 19.6 Å². The van der Waals surface area contributed by atoms with Gasteiger partial charge < -0.3 is 15.0 Å². The molecule has 4 nitrogen and oxygen atoms in total. The molecule has 0 atom stereocenters. The van der Waals surface area contributed by atoms with E-state index >= 15 is 0 Å². The molecule has 2 N–H and O–H groups in total. The zero-order valence-electron chi connectivity index (χ0n) is 15.8. The third-order valence-corrected chi connectivity index (χ3v) is 5.33. The first-order valence-electron chi connectivity index (χ1n) is 9.47. The maximum Gasteiger partial charge on any atom is 0.124 e. The van der Waals surface area contributed by atoms with Gasteiger partial charge in [-0.3, -0.25) is 0 Å². The van der Waals surface area contributed by atoms with E-state index in [-0.39, 0.29) is 0 Å². The second-order valence-corrected chi connectivity index (χ2v) is 8.15. The van der Waals surface area contributed by atoms with Crippen molar-refractivity contribution in [3.05, 3.63) is 93.2 Å². The molecule has 0 aliphatic carbocycles. The summed E-state index contributed by atoms with van der Waals surface area (Å²) in [5.74, 6) is 1.86. The van der Waals surface area contributed by atoms with Crippen molar-refractivity contribution in [2.24, 2.45) is 0 Å². The van der Waals surface area contributed by atoms with Crippen LogP contribution in [-0.4, -0.2) is 16.5 Å². The number of rotatable bonds is 8. The number of nitrogens with one attached hydrogen (secondary N) is 2. The van der Waals surface area contributed by atoms with Crippen LogP contribution in [0.1, 0.15) is 17.0 Å². The van der Waals surface area contributed by atoms with Crippen LogP contribution in [0, 0.1) is 0 Å². The summed E-state index contributed by atoms with van der Waals surface area (Å²) in [6.45, 7) is 2.01. The van der Waals surface area contributed by atoms with Crippen molar-refractivity contribution in [1.82, 2.24) is 15.3 Å². The van der Waals surface area contributed by atoms with Crippen molar-refractivity contribution in [3.63, 3.8) is 0 Å². The Morgan fingerprint density at radius 3 is 2.79 bits per heavy atom. The number of para-hydroxylation sites is 2. The molecule has 1 heterocycles. The fourth-order valence-corrected chi connectivity index (χ4v) is 3.79. The Morgan fingerprint density at radius 1 is 1.03 bits per heavy atom. The van der Waals surface area contributed by atoms with Gasteiger partial charge in [-0.2, -0.15) is 0 Å². The lowest BCUT2D eigenvalue weighted by atomic mass is 10.2. The van der Waals surface area contributed by atoms with Gasteiger partial charge in [-0.1, -0.05) is 51.8 Å². The average Bonchev–Trinajstić information content (AvgIpc) is 3.13. The molecule has 0 fully saturated rings. The van der Waals surface area contributed by atoms with Crippen molar-refractivity contribution >= 4 is 38.6 Å². The van der Waals surface area contributed by atoms with Crippen LogP contribution in [0.3, 0.4) is 0 Å². The quantitative estimate of drug-likeness (QED) is 0.316. The number of nitrogens with zero attached hydrogens (tertiary/aromatic N) is 1. The highest BCUT2D eigenvalue weighted by molar-refractivity contribution is 9.10. The molecule has 3 aromatic carbocycles. The minimum Gasteiger partial charge on any atom is -0.489 e. The second-order valence-electron chi connectivity index (χ2n) is 6.80. The van der Waals surface area contributed by atoms with Gasteiger partial charge in [-0.15, -0.1) is 0 Å². The molecule has 0 unspecified atom stereocenters. The summed E-state index contributed by atoms with van der Waals surface area (Å²) in [6, 6.07) is 21.9. The van der Waals surface area contributed by atoms with E-state index in [0.717, 1.165) is 56.2 Å². The predicted molar refractivity (Wildman–Crippen MR) is 121 cm³/mol. The van der Waals surface area contributed by atoms with E-state index in [1.165, 1.54) is 0 Å². The van der Waals surface area contributed by atoms with Crippen molar-refractivity contribution in [3.8, 4) is 5.75 Å². The molecule has 6 heteroatoms. The molecule has 0 aliphatic rings. The Kier molecular flexibility index (Phi) is 6.49. The van der Waals surface area contributed by atoms with Crippen molar-refractivity contribution in [2.75, 3.05) is 6.54 Å². The van der Waals surface area contributed by atoms with E-state index in [1.54, 1.807) is 0 Å². The summed E-state index contributed by atoms with van der Waals surface area (Å²) in [6.07, 6.45) is 0.835. The predicted octanol–water partition coefficient (Wildman–Crippen LogP) is 5.89. The summed E-state index contributed by atoms with van der Waals surface area (Å²) in [7, 11) is 0. The van der Waals surface area contributed by atoms with E-state index in [0.29, 0.717) is 13.2 Å². The van der Waals surface area contributed by atoms with Gasteiger partial charge in [0.05, 0.1) is 11.0 Å². The first-order valence-corrected chi connectivity index (χ1v) is 10.6. The largest absolute Gasteiger partial charge is 0.489 e. The van der Waals surface area contributed by atoms with Crippen LogP contribution < -0.4 is 10.1 Å². The van der Waals surface area contributed by atoms with Crippen molar-refractivity contribution in [1.29, 1.82) is 0 Å². The maximum absolute atomic E-state index is 6.06. The molecular formula is C23H21BrClN3O. The van der Waals surface area contributed by atoms with E-state index in [9.17, 15) is 0 Å². The lowest BCUT2D eigenvalue weighted by Gasteiger charge is -2.13. The number of imidazole rings is 1. The van der Waals surface area contributed by atoms with Gasteiger partial charge in [0.25, 0.3) is 0 Å². The minimum absolute atomic E-state index is 0.480. The van der Waals surface area contributed by atoms with Crippen LogP contribution in [0.2, 0.25) is 5.02 Å². The van der Waals surface area contributed by atoms with Crippen LogP contribution >= 0.6 is 27.5 Å². The summed E-state index contributed by atoms with van der Waals surface area (Å²) >= 11 is 9.61. The third kappa shape index (κ3) is 5.38. The molecule has 148 valence electrons. The van der Waals surface area contributed by atoms with Gasteiger partial charge in [0, 0.05) is 34.6 Å². The zero-order chi connectivity index (χ0) is 20.1. The normalized spacial score (nSPS) is 11.1. The summed E-state index contributed by atoms with van der Waals surface area (Å²) in [5.41, 5.74) is 4.23. The van der Waals surface area contributed by atoms with Gasteiger partial charge in [0.15, 0.2) is 0 Å². The van der Waals surface area contributed by atoms with Gasteiger partial charge in [0.1, 0.15) is 18.2 Å². The van der Waals surface area contributed by atoms with Gasteiger partial charge in [0.2, 0.25) is 0 Å². The summed E-state index contributed by atoms with van der Waals surface area (Å²) in [4.78, 5) is 7.98. The lowest BCUT2D eigenvalue weighted by molar-refractivity contribution is 0.302. The minimum atomic E-state index is 0.480. The molecule has 0 saturated carbocycles. The van der Waals surface area contributed by atoms with E-state index in [4.69, 9.17) is 16.3 Å². The third-order valence-electron chi connectivity index (χ3n) is 4.60. The highest BCUT2D eigenvalue weighted by Crippen LogP contribution is 2.24. The second kappa shape index (κ2) is 9.44. The molecule has 4 rings (SSSR count). The topological polar surface area (TPSA) is 49.9 Å². The molecule has 0 aliphatic heterocycles. The van der Waals surface area contributed by atoms with Crippen LogP contribution in [0.15, 0.2) is 71.2 Å². The Morgan fingerprint density at radius 2 is 1.93 bits per heavy atom. The molecule has 1 aromatic heterocycles. The zero-order valence-corrected chi connectivity index (χ0v) is 18.1. The molecule has 4 aromatic rings. The fourth-order valence-electron chi connectivity index (χ4n) is 3.17. The SMILES string of the molecule is Clc1cccc(COc2ccc(Br)cc2CNCCc2nc3ccccc3[nH]2)c1. The van der Waals surface area contributed by atoms with Crippen molar-refractivity contribution < 1.29 is 4.74 Å². The van der Waals surface area contributed by atoms with Gasteiger partial charge in [-0.25, -0.2) is 4.98 Å². The van der Waals surface area contributed by atoms with E-state index in [1.807, 2.05) is 60.7 Å². The number of aromatic amines is 1. The van der Waals surface area contributed by atoms with Crippen molar-refractivity contribution in [2.45, 2.75) is 19.6 Å². The van der Waals surface area contributed by atoms with Gasteiger partial charge >= 0.3 is 0 Å². The van der Waals surface area contributed by atoms with Crippen LogP contribution in [0.5, 0.6) is 5.75 Å². The first-order chi connectivity index (χ1) is 14.2. The highest BCUT2D eigenvalue weighted by atomic mass is 79.9. The number of hydrogen-bond acceptors (Lipinski definition) is 3. The highest BCUT2D eigenvalue weighted by Gasteiger charge is 2.07. The Balaban J connectivity index is 1.34. The lowest BCUT2D eigenvalue weighted by Crippen LogP contribution is -2.17. The summed E-state index contributed by atoms with van der Waals surface area (Å²) < 4.78 is 7.08. The van der Waals surface area contributed by atoms with E-state index in [2.05, 4.69) is 37.3 Å². The molecular weight excluding hydrogens is 450 g/mol. The van der Waals surface area contributed by atoms with E-state index < -0.39 is 0 Å². The van der Waals surface area contributed by atoms with Gasteiger partial charge in [-0.05, 0) is 48.0 Å². The number of benzene rings is 3. The number of aromatic nitrogens is 2. The Labute approximate surface area is 183 Å². The molecule has 0 amide bonds. The number of H-pyrrole nitrogens is 1. The standard InChI is InChI=1S/C23H21BrClN3O/c24-18-8-9-22(29-15-16-4-3-5-19(25)12-16)17(13-18)14-26-11-10-23-27-20-6-1-2-7-21(20)28-23/h1-9,12-13,26H,10-11,14-15H2,(H,27,28). The fraction of sp³-hybridized carbons (Fsp3) is 0.174. The smallest absolute Gasteiger partial charge is 0.124 e. The first kappa shape index (κ1) is 20.0. The number of ether oxygens (including phenoxy) is 1. The Hall–Kier alpha value is -2.34. The van der Waals surface area contributed by atoms with Crippen LogP contribution in [0.4, 0.5) is 0 Å². The summed E-state index contributed by atoms with van der Waals surface area (Å²) in [5, 5.41) is 4.20. The number of hydrogen-bond donors (Lipinski definition) is 2. The van der Waals surface area contributed by atoms with Crippen LogP contribution in [0.25, 0.3) is 11.0 Å². The molecule has 29 heavy (non-hydrogen) atoms. The number of fused-ring (bicyclic) bond motifs is 1. The monoisotopic (exact) mass is 469 g/mol. The molecule has 0 radical (unpaired) electrons. The maximum atomic E-state index is 6.06. The molecule has 0 bridgehead atoms. The molecule has 0 saturated heterocycles. The molecule has 0 spiro atoms. The Bertz CT molecular complexity index is 1080. The average molecular weight is 471 g/mol. The number of halogens is 2.